The molecule has 0 spiro atoms. The molecule has 1 atom stereocenters. The largest absolute Gasteiger partial charge is 0.490 e. The van der Waals surface area contributed by atoms with E-state index in [9.17, 15) is 19.1 Å². The van der Waals surface area contributed by atoms with E-state index in [1.807, 2.05) is 0 Å². The van der Waals surface area contributed by atoms with Crippen molar-refractivity contribution in [1.29, 1.82) is 0 Å². The molecule has 5 nitrogen and oxygen atoms in total. The highest BCUT2D eigenvalue weighted by molar-refractivity contribution is 5.95. The molecule has 0 aromatic heterocycles. The standard InChI is InChI=1S/C17H20FNO4/c18-10-17(16(21)22)8-9-19(11-17)15(20)12-4-6-14(7-5-12)23-13-2-1-3-13/h4-7,13H,1-3,8-11H2,(H,21,22). The lowest BCUT2D eigenvalue weighted by molar-refractivity contribution is -0.149. The molecule has 1 heterocycles. The number of likely N-dealkylation sites (tertiary alicyclic amines) is 1. The van der Waals surface area contributed by atoms with Gasteiger partial charge in [0.2, 0.25) is 0 Å². The number of rotatable bonds is 5. The van der Waals surface area contributed by atoms with Crippen LogP contribution in [0.15, 0.2) is 24.3 Å². The number of benzene rings is 1. The summed E-state index contributed by atoms with van der Waals surface area (Å²) in [7, 11) is 0. The molecule has 1 amide bonds. The van der Waals surface area contributed by atoms with Gasteiger partial charge < -0.3 is 14.7 Å². The van der Waals surface area contributed by atoms with Crippen LogP contribution in [0.5, 0.6) is 5.75 Å². The van der Waals surface area contributed by atoms with Crippen molar-refractivity contribution in [3.05, 3.63) is 29.8 Å². The first-order chi connectivity index (χ1) is 11.0. The van der Waals surface area contributed by atoms with Crippen LogP contribution in [0.3, 0.4) is 0 Å². The van der Waals surface area contributed by atoms with Crippen molar-refractivity contribution < 1.29 is 23.8 Å². The number of hydrogen-bond acceptors (Lipinski definition) is 3. The van der Waals surface area contributed by atoms with E-state index in [1.54, 1.807) is 24.3 Å². The minimum Gasteiger partial charge on any atom is -0.490 e. The molecule has 1 N–H and O–H groups in total. The summed E-state index contributed by atoms with van der Waals surface area (Å²) < 4.78 is 18.9. The molecule has 124 valence electrons. The first-order valence-corrected chi connectivity index (χ1v) is 7.89. The Hall–Kier alpha value is -2.11. The molecule has 2 aliphatic rings. The van der Waals surface area contributed by atoms with Crippen LogP contribution >= 0.6 is 0 Å². The Kier molecular flexibility index (Phi) is 4.24. The van der Waals surface area contributed by atoms with E-state index in [4.69, 9.17) is 4.74 Å². The Bertz CT molecular complexity index is 599. The zero-order chi connectivity index (χ0) is 16.4. The normalized spacial score (nSPS) is 24.3. The van der Waals surface area contributed by atoms with Crippen LogP contribution in [0.1, 0.15) is 36.0 Å². The molecule has 0 radical (unpaired) electrons. The van der Waals surface area contributed by atoms with Gasteiger partial charge in [-0.05, 0) is 49.9 Å². The number of carbonyl (C=O) groups is 2. The third kappa shape index (κ3) is 3.02. The Morgan fingerprint density at radius 2 is 2.00 bits per heavy atom. The van der Waals surface area contributed by atoms with Crippen molar-refractivity contribution in [2.24, 2.45) is 5.41 Å². The molecule has 6 heteroatoms. The van der Waals surface area contributed by atoms with Crippen LogP contribution in [0.4, 0.5) is 4.39 Å². The minimum absolute atomic E-state index is 0.0853. The molecule has 1 unspecified atom stereocenters. The second kappa shape index (κ2) is 6.18. The van der Waals surface area contributed by atoms with Gasteiger partial charge in [-0.3, -0.25) is 9.59 Å². The van der Waals surface area contributed by atoms with Crippen molar-refractivity contribution in [3.8, 4) is 5.75 Å². The molecule has 1 saturated heterocycles. The monoisotopic (exact) mass is 321 g/mol. The summed E-state index contributed by atoms with van der Waals surface area (Å²) in [6, 6.07) is 6.85. The molecular weight excluding hydrogens is 301 g/mol. The third-order valence-corrected chi connectivity index (χ3v) is 4.81. The molecule has 23 heavy (non-hydrogen) atoms. The quantitative estimate of drug-likeness (QED) is 0.905. The van der Waals surface area contributed by atoms with E-state index >= 15 is 0 Å². The predicted octanol–water partition coefficient (Wildman–Crippen LogP) is 2.50. The van der Waals surface area contributed by atoms with Gasteiger partial charge in [0.25, 0.3) is 5.91 Å². The van der Waals surface area contributed by atoms with Gasteiger partial charge in [0.15, 0.2) is 0 Å². The second-order valence-electron chi connectivity index (χ2n) is 6.39. The van der Waals surface area contributed by atoms with Crippen LogP contribution in [0, 0.1) is 5.41 Å². The van der Waals surface area contributed by atoms with Crippen molar-refractivity contribution in [2.45, 2.75) is 31.8 Å². The van der Waals surface area contributed by atoms with E-state index in [0.717, 1.165) is 18.6 Å². The molecule has 1 saturated carbocycles. The number of alkyl halides is 1. The maximum atomic E-state index is 13.1. The van der Waals surface area contributed by atoms with Crippen molar-refractivity contribution in [3.63, 3.8) is 0 Å². The summed E-state index contributed by atoms with van der Waals surface area (Å²) in [5, 5.41) is 9.19. The zero-order valence-electron chi connectivity index (χ0n) is 12.8. The van der Waals surface area contributed by atoms with E-state index < -0.39 is 18.1 Å². The number of carbonyl (C=O) groups excluding carboxylic acids is 1. The van der Waals surface area contributed by atoms with Gasteiger partial charge in [0.1, 0.15) is 17.8 Å². The number of hydrogen-bond donors (Lipinski definition) is 1. The van der Waals surface area contributed by atoms with Gasteiger partial charge in [0, 0.05) is 18.7 Å². The highest BCUT2D eigenvalue weighted by atomic mass is 19.1. The smallest absolute Gasteiger partial charge is 0.314 e. The van der Waals surface area contributed by atoms with Crippen LogP contribution in [-0.4, -0.2) is 47.8 Å². The molecule has 1 aromatic carbocycles. The van der Waals surface area contributed by atoms with Crippen molar-refractivity contribution >= 4 is 11.9 Å². The van der Waals surface area contributed by atoms with Crippen LogP contribution in [0.2, 0.25) is 0 Å². The number of carboxylic acid groups (broad SMARTS) is 1. The van der Waals surface area contributed by atoms with Gasteiger partial charge in [-0.25, -0.2) is 4.39 Å². The first-order valence-electron chi connectivity index (χ1n) is 7.89. The number of aliphatic carboxylic acids is 1. The highest BCUT2D eigenvalue weighted by Gasteiger charge is 2.46. The first kappa shape index (κ1) is 15.8. The van der Waals surface area contributed by atoms with Gasteiger partial charge in [-0.15, -0.1) is 0 Å². The molecule has 1 aromatic rings. The maximum Gasteiger partial charge on any atom is 0.314 e. The average Bonchev–Trinajstić information content (AvgIpc) is 2.97. The topological polar surface area (TPSA) is 66.8 Å². The van der Waals surface area contributed by atoms with Gasteiger partial charge in [-0.2, -0.15) is 0 Å². The lowest BCUT2D eigenvalue weighted by Crippen LogP contribution is -2.38. The predicted molar refractivity (Wildman–Crippen MR) is 81.3 cm³/mol. The fourth-order valence-electron chi connectivity index (χ4n) is 2.93. The minimum atomic E-state index is -1.46. The summed E-state index contributed by atoms with van der Waals surface area (Å²) in [5.41, 5.74) is -0.992. The summed E-state index contributed by atoms with van der Waals surface area (Å²) in [6.45, 7) is -0.784. The average molecular weight is 321 g/mol. The lowest BCUT2D eigenvalue weighted by atomic mass is 9.89. The van der Waals surface area contributed by atoms with E-state index in [0.29, 0.717) is 5.56 Å². The fourth-order valence-corrected chi connectivity index (χ4v) is 2.93. The Balaban J connectivity index is 1.65. The summed E-state index contributed by atoms with van der Waals surface area (Å²) in [4.78, 5) is 25.1. The van der Waals surface area contributed by atoms with Crippen LogP contribution in [0.25, 0.3) is 0 Å². The summed E-state index contributed by atoms with van der Waals surface area (Å²) >= 11 is 0. The van der Waals surface area contributed by atoms with Crippen molar-refractivity contribution in [1.82, 2.24) is 4.90 Å². The van der Waals surface area contributed by atoms with Crippen LogP contribution in [-0.2, 0) is 4.79 Å². The Morgan fingerprint density at radius 1 is 1.30 bits per heavy atom. The third-order valence-electron chi connectivity index (χ3n) is 4.81. The van der Waals surface area contributed by atoms with E-state index in [1.165, 1.54) is 11.3 Å². The van der Waals surface area contributed by atoms with Gasteiger partial charge in [0.05, 0.1) is 6.10 Å². The van der Waals surface area contributed by atoms with E-state index in [2.05, 4.69) is 0 Å². The van der Waals surface area contributed by atoms with Crippen molar-refractivity contribution in [2.75, 3.05) is 19.8 Å². The van der Waals surface area contributed by atoms with Gasteiger partial charge >= 0.3 is 5.97 Å². The molecule has 1 aliphatic heterocycles. The molecule has 0 bridgehead atoms. The number of nitrogens with zero attached hydrogens (tertiary/aromatic N) is 1. The van der Waals surface area contributed by atoms with E-state index in [-0.39, 0.29) is 31.5 Å². The maximum absolute atomic E-state index is 13.1. The zero-order valence-corrected chi connectivity index (χ0v) is 12.8. The molecule has 3 rings (SSSR count). The highest BCUT2D eigenvalue weighted by Crippen LogP contribution is 2.32. The molecule has 2 fully saturated rings. The Labute approximate surface area is 134 Å². The fraction of sp³-hybridized carbons (Fsp3) is 0.529. The number of carboxylic acids is 1. The number of halogens is 1. The lowest BCUT2D eigenvalue weighted by Gasteiger charge is -2.26. The number of ether oxygens (including phenoxy) is 1. The van der Waals surface area contributed by atoms with Crippen LogP contribution < -0.4 is 4.74 Å². The SMILES string of the molecule is O=C(c1ccc(OC2CCC2)cc1)N1CCC(CF)(C(=O)O)C1. The summed E-state index contributed by atoms with van der Waals surface area (Å²) in [5.74, 6) is -0.715. The number of amides is 1. The summed E-state index contributed by atoms with van der Waals surface area (Å²) in [6.07, 6.45) is 3.74. The Morgan fingerprint density at radius 3 is 2.48 bits per heavy atom. The van der Waals surface area contributed by atoms with Gasteiger partial charge in [-0.1, -0.05) is 0 Å². The molecular formula is C17H20FNO4. The second-order valence-corrected chi connectivity index (χ2v) is 6.39. The molecule has 1 aliphatic carbocycles.